The molecule has 4 N–H and O–H groups in total. The van der Waals surface area contributed by atoms with Crippen LogP contribution in [0.4, 0.5) is 0 Å². The zero-order chi connectivity index (χ0) is 26.3. The molecule has 6 rings (SSSR count). The fraction of sp³-hybridized carbons (Fsp3) is 0.500. The second-order valence-electron chi connectivity index (χ2n) is 10.8. The van der Waals surface area contributed by atoms with Crippen molar-refractivity contribution in [2.24, 2.45) is 5.92 Å². The Kier molecular flexibility index (Phi) is 6.22. The first-order valence-electron chi connectivity index (χ1n) is 13.4. The number of H-pyrrole nitrogens is 1. The molecule has 0 bridgehead atoms. The van der Waals surface area contributed by atoms with Crippen molar-refractivity contribution in [2.75, 3.05) is 13.7 Å². The molecule has 0 atom stereocenters. The van der Waals surface area contributed by atoms with Gasteiger partial charge < -0.3 is 30.2 Å². The van der Waals surface area contributed by atoms with Crippen LogP contribution < -0.4 is 20.1 Å². The molecule has 3 aliphatic rings. The predicted molar refractivity (Wildman–Crippen MR) is 140 cm³/mol. The molecule has 1 aromatic carbocycles. The van der Waals surface area contributed by atoms with E-state index in [4.69, 9.17) is 9.47 Å². The van der Waals surface area contributed by atoms with Crippen molar-refractivity contribution in [3.8, 4) is 22.8 Å². The summed E-state index contributed by atoms with van der Waals surface area (Å²) >= 11 is 0. The molecule has 3 aromatic rings. The van der Waals surface area contributed by atoms with Gasteiger partial charge in [0.1, 0.15) is 40.3 Å². The highest BCUT2D eigenvalue weighted by Crippen LogP contribution is 2.39. The molecule has 10 nitrogen and oxygen atoms in total. The zero-order valence-electron chi connectivity index (χ0n) is 21.5. The first-order chi connectivity index (χ1) is 18.4. The van der Waals surface area contributed by atoms with E-state index in [1.54, 1.807) is 13.3 Å². The van der Waals surface area contributed by atoms with Crippen LogP contribution in [0, 0.1) is 5.92 Å². The summed E-state index contributed by atoms with van der Waals surface area (Å²) in [5.41, 5.74) is 0.657. The van der Waals surface area contributed by atoms with E-state index in [9.17, 15) is 14.7 Å². The minimum atomic E-state index is -1.31. The molecular formula is C28H33N5O5. The summed E-state index contributed by atoms with van der Waals surface area (Å²) in [5.74, 6) is 1.17. The molecule has 3 saturated carbocycles. The number of aromatic amines is 1. The fourth-order valence-electron chi connectivity index (χ4n) is 5.15. The number of carbonyl (C=O) groups is 2. The van der Waals surface area contributed by atoms with Crippen LogP contribution in [0.2, 0.25) is 0 Å². The van der Waals surface area contributed by atoms with Crippen molar-refractivity contribution in [3.63, 3.8) is 0 Å². The molecule has 0 unspecified atom stereocenters. The van der Waals surface area contributed by atoms with Gasteiger partial charge in [0.05, 0.1) is 24.8 Å². The Morgan fingerprint density at radius 2 is 1.89 bits per heavy atom. The van der Waals surface area contributed by atoms with Gasteiger partial charge in [-0.25, -0.2) is 9.97 Å². The Morgan fingerprint density at radius 3 is 2.61 bits per heavy atom. The number of rotatable bonds is 9. The molecule has 200 valence electrons. The van der Waals surface area contributed by atoms with E-state index >= 15 is 0 Å². The SMILES string of the molecule is COc1ccc(-c2ncnc3c(C(=O)NC4(NC(=O)C5(O)CC5)CCCCC4)c[nH]c23)c(OCC2CC2)c1. The third-order valence-corrected chi connectivity index (χ3v) is 7.88. The molecule has 10 heteroatoms. The van der Waals surface area contributed by atoms with Crippen LogP contribution in [0.25, 0.3) is 22.3 Å². The monoisotopic (exact) mass is 519 g/mol. The normalized spacial score (nSPS) is 19.5. The van der Waals surface area contributed by atoms with Crippen LogP contribution in [-0.2, 0) is 4.79 Å². The maximum absolute atomic E-state index is 13.6. The summed E-state index contributed by atoms with van der Waals surface area (Å²) < 4.78 is 11.6. The van der Waals surface area contributed by atoms with Gasteiger partial charge in [-0.15, -0.1) is 0 Å². The Balaban J connectivity index is 1.30. The van der Waals surface area contributed by atoms with E-state index in [1.165, 1.54) is 19.2 Å². The Labute approximate surface area is 220 Å². The standard InChI is InChI=1S/C28H33N5O5/c1-37-18-7-8-19(21(13-18)38-15-17-5-6-17)22-24-23(31-16-30-22)20(14-29-24)25(34)32-28(9-3-2-4-10-28)33-26(35)27(36)11-12-27/h7-8,13-14,16-17,29,36H,2-6,9-12,15H2,1H3,(H,32,34)(H,33,35). The number of nitrogens with one attached hydrogen (secondary N) is 3. The summed E-state index contributed by atoms with van der Waals surface area (Å²) in [4.78, 5) is 38.4. The smallest absolute Gasteiger partial charge is 0.256 e. The summed E-state index contributed by atoms with van der Waals surface area (Å²) in [6, 6.07) is 5.61. The minimum absolute atomic E-state index is 0.342. The third-order valence-electron chi connectivity index (χ3n) is 7.88. The number of hydrogen-bond acceptors (Lipinski definition) is 7. The molecule has 2 heterocycles. The number of carbonyl (C=O) groups excluding carboxylic acids is 2. The number of amides is 2. The van der Waals surface area contributed by atoms with Crippen LogP contribution in [-0.4, -0.2) is 56.9 Å². The molecular weight excluding hydrogens is 486 g/mol. The number of hydrogen-bond donors (Lipinski definition) is 4. The van der Waals surface area contributed by atoms with Gasteiger partial charge in [0, 0.05) is 17.8 Å². The van der Waals surface area contributed by atoms with E-state index in [1.807, 2.05) is 18.2 Å². The van der Waals surface area contributed by atoms with Crippen LogP contribution >= 0.6 is 0 Å². The first-order valence-corrected chi connectivity index (χ1v) is 13.4. The molecule has 2 amide bonds. The van der Waals surface area contributed by atoms with Gasteiger partial charge in [0.15, 0.2) is 0 Å². The van der Waals surface area contributed by atoms with Gasteiger partial charge in [0.2, 0.25) is 0 Å². The Morgan fingerprint density at radius 1 is 1.11 bits per heavy atom. The van der Waals surface area contributed by atoms with Crippen molar-refractivity contribution < 1.29 is 24.2 Å². The molecule has 0 spiro atoms. The molecule has 3 fully saturated rings. The average molecular weight is 520 g/mol. The lowest BCUT2D eigenvalue weighted by atomic mass is 9.88. The maximum atomic E-state index is 13.6. The summed E-state index contributed by atoms with van der Waals surface area (Å²) in [6.07, 6.45) is 10.3. The van der Waals surface area contributed by atoms with Crippen molar-refractivity contribution >= 4 is 22.8 Å². The lowest BCUT2D eigenvalue weighted by Crippen LogP contribution is -2.63. The second-order valence-corrected chi connectivity index (χ2v) is 10.8. The van der Waals surface area contributed by atoms with E-state index < -0.39 is 17.2 Å². The quantitative estimate of drug-likeness (QED) is 0.318. The second kappa shape index (κ2) is 9.58. The van der Waals surface area contributed by atoms with Gasteiger partial charge in [-0.2, -0.15) is 0 Å². The van der Waals surface area contributed by atoms with Crippen LogP contribution in [0.5, 0.6) is 11.5 Å². The highest BCUT2D eigenvalue weighted by Gasteiger charge is 2.50. The summed E-state index contributed by atoms with van der Waals surface area (Å²) in [7, 11) is 1.62. The number of aromatic nitrogens is 3. The van der Waals surface area contributed by atoms with E-state index in [0.29, 0.717) is 72.0 Å². The fourth-order valence-corrected chi connectivity index (χ4v) is 5.15. The topological polar surface area (TPSA) is 138 Å². The van der Waals surface area contributed by atoms with Crippen LogP contribution in [0.3, 0.4) is 0 Å². The van der Waals surface area contributed by atoms with Crippen molar-refractivity contribution in [2.45, 2.75) is 69.1 Å². The summed E-state index contributed by atoms with van der Waals surface area (Å²) in [6.45, 7) is 0.635. The highest BCUT2D eigenvalue weighted by atomic mass is 16.5. The molecule has 3 aliphatic carbocycles. The molecule has 0 aliphatic heterocycles. The number of methoxy groups -OCH3 is 1. The first kappa shape index (κ1) is 24.7. The molecule has 38 heavy (non-hydrogen) atoms. The number of nitrogens with zero attached hydrogens (tertiary/aromatic N) is 2. The van der Waals surface area contributed by atoms with E-state index in [2.05, 4.69) is 25.6 Å². The Hall–Kier alpha value is -3.66. The van der Waals surface area contributed by atoms with Gasteiger partial charge in [-0.05, 0) is 69.4 Å². The zero-order valence-corrected chi connectivity index (χ0v) is 21.5. The van der Waals surface area contributed by atoms with Gasteiger partial charge in [-0.3, -0.25) is 9.59 Å². The number of fused-ring (bicyclic) bond motifs is 1. The molecule has 0 saturated heterocycles. The average Bonchev–Trinajstić information content (AvgIpc) is 3.85. The lowest BCUT2D eigenvalue weighted by Gasteiger charge is -2.39. The van der Waals surface area contributed by atoms with Gasteiger partial charge in [0.25, 0.3) is 11.8 Å². The van der Waals surface area contributed by atoms with E-state index in [-0.39, 0.29) is 5.91 Å². The Bertz CT molecular complexity index is 1370. The molecule has 2 aromatic heterocycles. The van der Waals surface area contributed by atoms with Gasteiger partial charge in [-0.1, -0.05) is 6.42 Å². The third kappa shape index (κ3) is 4.80. The lowest BCUT2D eigenvalue weighted by molar-refractivity contribution is -0.134. The van der Waals surface area contributed by atoms with Crippen molar-refractivity contribution in [1.29, 1.82) is 0 Å². The maximum Gasteiger partial charge on any atom is 0.256 e. The predicted octanol–water partition coefficient (Wildman–Crippen LogP) is 3.45. The summed E-state index contributed by atoms with van der Waals surface area (Å²) in [5, 5.41) is 16.3. The van der Waals surface area contributed by atoms with E-state index in [0.717, 1.165) is 24.8 Å². The van der Waals surface area contributed by atoms with Crippen LogP contribution in [0.15, 0.2) is 30.7 Å². The largest absolute Gasteiger partial charge is 0.497 e. The van der Waals surface area contributed by atoms with Crippen LogP contribution in [0.1, 0.15) is 68.1 Å². The molecule has 0 radical (unpaired) electrons. The van der Waals surface area contributed by atoms with Crippen molar-refractivity contribution in [1.82, 2.24) is 25.6 Å². The number of benzene rings is 1. The van der Waals surface area contributed by atoms with Crippen molar-refractivity contribution in [3.05, 3.63) is 36.3 Å². The highest BCUT2D eigenvalue weighted by molar-refractivity contribution is 6.08. The van der Waals surface area contributed by atoms with Gasteiger partial charge >= 0.3 is 0 Å². The number of aliphatic hydroxyl groups is 1. The minimum Gasteiger partial charge on any atom is -0.497 e. The number of ether oxygens (including phenoxy) is 2.